The van der Waals surface area contributed by atoms with E-state index < -0.39 is 5.92 Å². The summed E-state index contributed by atoms with van der Waals surface area (Å²) < 4.78 is 26.1. The van der Waals surface area contributed by atoms with Crippen LogP contribution in [0.25, 0.3) is 0 Å². The molecular formula is C15H18ClF2NO. The largest absolute Gasteiger partial charge is 0.326 e. The minimum Gasteiger partial charge on any atom is -0.326 e. The molecule has 0 bridgehead atoms. The van der Waals surface area contributed by atoms with Gasteiger partial charge in [-0.15, -0.1) is 11.6 Å². The second-order valence-electron chi connectivity index (χ2n) is 5.26. The number of rotatable bonds is 4. The third kappa shape index (κ3) is 4.17. The molecule has 0 spiro atoms. The second-order valence-corrected chi connectivity index (χ2v) is 5.63. The normalized spacial score (nSPS) is 18.8. The van der Waals surface area contributed by atoms with Crippen LogP contribution >= 0.6 is 11.6 Å². The van der Waals surface area contributed by atoms with Crippen molar-refractivity contribution >= 4 is 23.2 Å². The molecule has 0 aromatic heterocycles. The summed E-state index contributed by atoms with van der Waals surface area (Å²) in [6.07, 6.45) is 0.902. The molecule has 5 heteroatoms. The highest BCUT2D eigenvalue weighted by Gasteiger charge is 2.37. The predicted molar refractivity (Wildman–Crippen MR) is 76.4 cm³/mol. The first kappa shape index (κ1) is 15.2. The van der Waals surface area contributed by atoms with Gasteiger partial charge in [0.25, 0.3) is 0 Å². The number of halogens is 3. The van der Waals surface area contributed by atoms with E-state index in [0.29, 0.717) is 11.6 Å². The van der Waals surface area contributed by atoms with Gasteiger partial charge in [0.2, 0.25) is 11.8 Å². The van der Waals surface area contributed by atoms with Crippen molar-refractivity contribution in [2.45, 2.75) is 38.0 Å². The van der Waals surface area contributed by atoms with E-state index in [1.165, 1.54) is 0 Å². The zero-order valence-corrected chi connectivity index (χ0v) is 11.9. The SMILES string of the molecule is O=C(Nc1ccc(CCCl)cc1)C1CCC(F)(F)CC1. The smallest absolute Gasteiger partial charge is 0.248 e. The van der Waals surface area contributed by atoms with E-state index in [0.717, 1.165) is 12.0 Å². The number of nitrogens with one attached hydrogen (secondary N) is 1. The summed E-state index contributed by atoms with van der Waals surface area (Å²) >= 11 is 5.65. The fourth-order valence-corrected chi connectivity index (χ4v) is 2.63. The highest BCUT2D eigenvalue weighted by molar-refractivity contribution is 6.17. The van der Waals surface area contributed by atoms with E-state index in [2.05, 4.69) is 5.32 Å². The number of anilines is 1. The summed E-state index contributed by atoms with van der Waals surface area (Å²) in [5.74, 6) is -2.51. The number of aryl methyl sites for hydroxylation is 1. The summed E-state index contributed by atoms with van der Waals surface area (Å²) in [6, 6.07) is 7.45. The van der Waals surface area contributed by atoms with Crippen molar-refractivity contribution in [3.63, 3.8) is 0 Å². The van der Waals surface area contributed by atoms with Crippen molar-refractivity contribution in [1.82, 2.24) is 0 Å². The molecular weight excluding hydrogens is 284 g/mol. The average molecular weight is 302 g/mol. The van der Waals surface area contributed by atoms with Crippen LogP contribution in [-0.4, -0.2) is 17.7 Å². The van der Waals surface area contributed by atoms with Crippen LogP contribution in [0.3, 0.4) is 0 Å². The molecule has 1 aliphatic carbocycles. The first-order valence-electron chi connectivity index (χ1n) is 6.84. The van der Waals surface area contributed by atoms with Gasteiger partial charge in [-0.3, -0.25) is 4.79 Å². The Labute approximate surface area is 122 Å². The first-order chi connectivity index (χ1) is 9.50. The Balaban J connectivity index is 1.88. The van der Waals surface area contributed by atoms with Gasteiger partial charge in [-0.25, -0.2) is 8.78 Å². The van der Waals surface area contributed by atoms with Gasteiger partial charge in [-0.05, 0) is 37.0 Å². The molecule has 0 aliphatic heterocycles. The molecule has 20 heavy (non-hydrogen) atoms. The van der Waals surface area contributed by atoms with E-state index in [9.17, 15) is 13.6 Å². The van der Waals surface area contributed by atoms with E-state index in [-0.39, 0.29) is 37.5 Å². The lowest BCUT2D eigenvalue weighted by atomic mass is 9.86. The lowest BCUT2D eigenvalue weighted by molar-refractivity contribution is -0.124. The fourth-order valence-electron chi connectivity index (χ4n) is 2.41. The third-order valence-electron chi connectivity index (χ3n) is 3.69. The van der Waals surface area contributed by atoms with Gasteiger partial charge < -0.3 is 5.32 Å². The molecule has 1 amide bonds. The molecule has 0 unspecified atom stereocenters. The average Bonchev–Trinajstić information content (AvgIpc) is 2.41. The van der Waals surface area contributed by atoms with E-state index in [1.54, 1.807) is 0 Å². The molecule has 1 N–H and O–H groups in total. The highest BCUT2D eigenvalue weighted by Crippen LogP contribution is 2.36. The lowest BCUT2D eigenvalue weighted by Gasteiger charge is -2.27. The highest BCUT2D eigenvalue weighted by atomic mass is 35.5. The van der Waals surface area contributed by atoms with Gasteiger partial charge in [-0.2, -0.15) is 0 Å². The van der Waals surface area contributed by atoms with Gasteiger partial charge in [-0.1, -0.05) is 12.1 Å². The van der Waals surface area contributed by atoms with Gasteiger partial charge in [0, 0.05) is 30.3 Å². The maximum Gasteiger partial charge on any atom is 0.248 e. The number of carbonyl (C=O) groups excluding carboxylic acids is 1. The number of carbonyl (C=O) groups is 1. The quantitative estimate of drug-likeness (QED) is 0.828. The third-order valence-corrected chi connectivity index (χ3v) is 3.88. The number of benzene rings is 1. The Morgan fingerprint density at radius 2 is 1.85 bits per heavy atom. The molecule has 1 fully saturated rings. The van der Waals surface area contributed by atoms with Crippen molar-refractivity contribution in [3.8, 4) is 0 Å². The molecule has 1 aromatic rings. The second kappa shape index (κ2) is 6.53. The molecule has 0 saturated heterocycles. The summed E-state index contributed by atoms with van der Waals surface area (Å²) in [7, 11) is 0. The zero-order chi connectivity index (χ0) is 14.6. The van der Waals surface area contributed by atoms with Crippen molar-refractivity contribution in [3.05, 3.63) is 29.8 Å². The summed E-state index contributed by atoms with van der Waals surface area (Å²) in [5.41, 5.74) is 1.81. The van der Waals surface area contributed by atoms with Crippen LogP contribution in [0.15, 0.2) is 24.3 Å². The standard InChI is InChI=1S/C15H18ClF2NO/c16-10-7-11-1-3-13(4-2-11)19-14(20)12-5-8-15(17,18)9-6-12/h1-4,12H,5-10H2,(H,19,20). The van der Waals surface area contributed by atoms with Crippen LogP contribution in [0.5, 0.6) is 0 Å². The van der Waals surface area contributed by atoms with E-state index >= 15 is 0 Å². The van der Waals surface area contributed by atoms with Gasteiger partial charge in [0.1, 0.15) is 0 Å². The lowest BCUT2D eigenvalue weighted by Crippen LogP contribution is -2.31. The van der Waals surface area contributed by atoms with Crippen LogP contribution in [0.2, 0.25) is 0 Å². The summed E-state index contributed by atoms with van der Waals surface area (Å²) in [4.78, 5) is 12.0. The Hall–Kier alpha value is -1.16. The molecule has 0 radical (unpaired) electrons. The number of hydrogen-bond acceptors (Lipinski definition) is 1. The van der Waals surface area contributed by atoms with Crippen molar-refractivity contribution in [1.29, 1.82) is 0 Å². The molecule has 0 atom stereocenters. The number of hydrogen-bond donors (Lipinski definition) is 1. The Bertz CT molecular complexity index is 451. The molecule has 1 saturated carbocycles. The first-order valence-corrected chi connectivity index (χ1v) is 7.37. The van der Waals surface area contributed by atoms with Gasteiger partial charge >= 0.3 is 0 Å². The maximum absolute atomic E-state index is 13.0. The Morgan fingerprint density at radius 3 is 2.40 bits per heavy atom. The van der Waals surface area contributed by atoms with Crippen LogP contribution in [0.4, 0.5) is 14.5 Å². The zero-order valence-electron chi connectivity index (χ0n) is 11.2. The summed E-state index contributed by atoms with van der Waals surface area (Å²) in [6.45, 7) is 0. The number of alkyl halides is 3. The molecule has 2 rings (SSSR count). The van der Waals surface area contributed by atoms with Crippen molar-refractivity contribution in [2.75, 3.05) is 11.2 Å². The fraction of sp³-hybridized carbons (Fsp3) is 0.533. The number of amides is 1. The van der Waals surface area contributed by atoms with Crippen LogP contribution in [0.1, 0.15) is 31.2 Å². The van der Waals surface area contributed by atoms with Gasteiger partial charge in [0.05, 0.1) is 0 Å². The minimum atomic E-state index is -2.60. The molecule has 0 heterocycles. The Kier molecular flexibility index (Phi) is 4.97. The predicted octanol–water partition coefficient (Wildman–Crippen LogP) is 4.23. The van der Waals surface area contributed by atoms with Crippen molar-refractivity contribution in [2.24, 2.45) is 5.92 Å². The molecule has 1 aromatic carbocycles. The minimum absolute atomic E-state index is 0.161. The maximum atomic E-state index is 13.0. The van der Waals surface area contributed by atoms with Crippen LogP contribution < -0.4 is 5.32 Å². The topological polar surface area (TPSA) is 29.1 Å². The molecule has 2 nitrogen and oxygen atoms in total. The van der Waals surface area contributed by atoms with Gasteiger partial charge in [0.15, 0.2) is 0 Å². The van der Waals surface area contributed by atoms with E-state index in [1.807, 2.05) is 24.3 Å². The molecule has 1 aliphatic rings. The van der Waals surface area contributed by atoms with Crippen LogP contribution in [0, 0.1) is 5.92 Å². The van der Waals surface area contributed by atoms with Crippen molar-refractivity contribution < 1.29 is 13.6 Å². The molecule has 110 valence electrons. The van der Waals surface area contributed by atoms with E-state index in [4.69, 9.17) is 11.6 Å². The van der Waals surface area contributed by atoms with Crippen LogP contribution in [-0.2, 0) is 11.2 Å². The summed E-state index contributed by atoms with van der Waals surface area (Å²) in [5, 5.41) is 2.79. The Morgan fingerprint density at radius 1 is 1.25 bits per heavy atom. The monoisotopic (exact) mass is 301 g/mol.